The molecule has 0 heterocycles. The minimum absolute atomic E-state index is 0.322. The van der Waals surface area contributed by atoms with Crippen molar-refractivity contribution in [1.82, 2.24) is 0 Å². The Hall–Kier alpha value is -2.74. The molecule has 0 saturated carbocycles. The highest BCUT2D eigenvalue weighted by molar-refractivity contribution is 5.59. The van der Waals surface area contributed by atoms with E-state index in [2.05, 4.69) is 29.2 Å². The van der Waals surface area contributed by atoms with Gasteiger partial charge in [0.2, 0.25) is 0 Å². The molecule has 3 aromatic carbocycles. The summed E-state index contributed by atoms with van der Waals surface area (Å²) in [5.41, 5.74) is 4.47. The summed E-state index contributed by atoms with van der Waals surface area (Å²) in [7, 11) is 0. The molecule has 2 heteroatoms. The molecule has 0 amide bonds. The van der Waals surface area contributed by atoms with Crippen LogP contribution in [-0.4, -0.2) is 5.11 Å². The van der Waals surface area contributed by atoms with Gasteiger partial charge in [0.25, 0.3) is 0 Å². The van der Waals surface area contributed by atoms with Gasteiger partial charge in [-0.15, -0.1) is 0 Å². The van der Waals surface area contributed by atoms with Crippen LogP contribution in [0.2, 0.25) is 0 Å². The van der Waals surface area contributed by atoms with Gasteiger partial charge < -0.3 is 10.0 Å². The molecule has 0 aliphatic heterocycles. The average molecular weight is 303 g/mol. The zero-order chi connectivity index (χ0) is 16.1. The molecule has 2 nitrogen and oxygen atoms in total. The van der Waals surface area contributed by atoms with Gasteiger partial charge in [-0.25, -0.2) is 0 Å². The highest BCUT2D eigenvalue weighted by Gasteiger charge is 2.12. The van der Waals surface area contributed by atoms with Crippen LogP contribution in [0.5, 0.6) is 5.75 Å². The number of benzene rings is 3. The van der Waals surface area contributed by atoms with Crippen LogP contribution >= 0.6 is 0 Å². The fourth-order valence-corrected chi connectivity index (χ4v) is 2.72. The van der Waals surface area contributed by atoms with Crippen LogP contribution in [-0.2, 0) is 13.1 Å². The molecule has 0 aliphatic carbocycles. The second kappa shape index (κ2) is 7.01. The van der Waals surface area contributed by atoms with Gasteiger partial charge in [0.15, 0.2) is 0 Å². The lowest BCUT2D eigenvalue weighted by molar-refractivity contribution is 0.473. The number of aromatic hydroxyl groups is 1. The fraction of sp³-hybridized carbons (Fsp3) is 0.143. The zero-order valence-electron chi connectivity index (χ0n) is 13.3. The van der Waals surface area contributed by atoms with Crippen molar-refractivity contribution in [1.29, 1.82) is 0 Å². The second-order valence-corrected chi connectivity index (χ2v) is 5.82. The maximum atomic E-state index is 10.3. The van der Waals surface area contributed by atoms with E-state index in [0.717, 1.165) is 24.3 Å². The lowest BCUT2D eigenvalue weighted by atomic mass is 10.1. The molecular weight excluding hydrogens is 282 g/mol. The Morgan fingerprint density at radius 3 is 1.78 bits per heavy atom. The van der Waals surface area contributed by atoms with Crippen molar-refractivity contribution >= 4 is 5.69 Å². The van der Waals surface area contributed by atoms with E-state index in [4.69, 9.17) is 0 Å². The van der Waals surface area contributed by atoms with Gasteiger partial charge in [-0.1, -0.05) is 66.7 Å². The highest BCUT2D eigenvalue weighted by Crippen LogP contribution is 2.30. The fourth-order valence-electron chi connectivity index (χ4n) is 2.72. The van der Waals surface area contributed by atoms with Crippen molar-refractivity contribution < 1.29 is 5.11 Å². The number of hydrogen-bond donors (Lipinski definition) is 1. The predicted molar refractivity (Wildman–Crippen MR) is 95.6 cm³/mol. The normalized spacial score (nSPS) is 10.5. The van der Waals surface area contributed by atoms with Crippen molar-refractivity contribution in [2.24, 2.45) is 0 Å². The molecule has 1 N–H and O–H groups in total. The quantitative estimate of drug-likeness (QED) is 0.724. The maximum Gasteiger partial charge on any atom is 0.138 e. The number of anilines is 1. The average Bonchev–Trinajstić information content (AvgIpc) is 2.58. The van der Waals surface area contributed by atoms with Crippen LogP contribution < -0.4 is 4.90 Å². The Labute approximate surface area is 137 Å². The maximum absolute atomic E-state index is 10.3. The number of aryl methyl sites for hydroxylation is 1. The first-order valence-corrected chi connectivity index (χ1v) is 7.85. The van der Waals surface area contributed by atoms with Gasteiger partial charge in [-0.05, 0) is 35.7 Å². The molecule has 116 valence electrons. The third-order valence-corrected chi connectivity index (χ3v) is 3.90. The van der Waals surface area contributed by atoms with E-state index in [9.17, 15) is 5.11 Å². The van der Waals surface area contributed by atoms with Crippen LogP contribution in [0.15, 0.2) is 78.9 Å². The molecule has 0 aromatic heterocycles. The summed E-state index contributed by atoms with van der Waals surface area (Å²) in [5.74, 6) is 0.322. The Morgan fingerprint density at radius 2 is 1.26 bits per heavy atom. The Kier molecular flexibility index (Phi) is 4.62. The third-order valence-electron chi connectivity index (χ3n) is 3.90. The van der Waals surface area contributed by atoms with Crippen molar-refractivity contribution in [2.75, 3.05) is 4.90 Å². The van der Waals surface area contributed by atoms with E-state index in [0.29, 0.717) is 5.75 Å². The van der Waals surface area contributed by atoms with Crippen molar-refractivity contribution in [3.63, 3.8) is 0 Å². The molecule has 3 rings (SSSR count). The Morgan fingerprint density at radius 1 is 0.739 bits per heavy atom. The molecule has 0 fully saturated rings. The molecule has 0 saturated heterocycles. The molecule has 0 radical (unpaired) electrons. The van der Waals surface area contributed by atoms with Gasteiger partial charge in [0.05, 0.1) is 5.69 Å². The van der Waals surface area contributed by atoms with Crippen LogP contribution in [0.25, 0.3) is 0 Å². The summed E-state index contributed by atoms with van der Waals surface area (Å²) in [6.07, 6.45) is 0. The van der Waals surface area contributed by atoms with E-state index in [1.165, 1.54) is 11.1 Å². The number of phenols is 1. The minimum atomic E-state index is 0.322. The monoisotopic (exact) mass is 303 g/mol. The van der Waals surface area contributed by atoms with Gasteiger partial charge in [-0.2, -0.15) is 0 Å². The topological polar surface area (TPSA) is 23.5 Å². The van der Waals surface area contributed by atoms with Gasteiger partial charge in [0.1, 0.15) is 5.75 Å². The number of hydrogen-bond acceptors (Lipinski definition) is 2. The summed E-state index contributed by atoms with van der Waals surface area (Å²) < 4.78 is 0. The van der Waals surface area contributed by atoms with Crippen molar-refractivity contribution in [2.45, 2.75) is 20.0 Å². The summed E-state index contributed by atoms with van der Waals surface area (Å²) in [6.45, 7) is 3.56. The summed E-state index contributed by atoms with van der Waals surface area (Å²) >= 11 is 0. The first-order chi connectivity index (χ1) is 11.2. The van der Waals surface area contributed by atoms with Gasteiger partial charge in [0, 0.05) is 13.1 Å². The third kappa shape index (κ3) is 3.92. The molecule has 0 bridgehead atoms. The van der Waals surface area contributed by atoms with Crippen LogP contribution in [0.4, 0.5) is 5.69 Å². The lowest BCUT2D eigenvalue weighted by Crippen LogP contribution is -2.22. The van der Waals surface area contributed by atoms with Crippen molar-refractivity contribution in [3.8, 4) is 5.75 Å². The van der Waals surface area contributed by atoms with E-state index in [1.54, 1.807) is 6.07 Å². The van der Waals surface area contributed by atoms with E-state index in [-0.39, 0.29) is 0 Å². The van der Waals surface area contributed by atoms with E-state index in [1.807, 2.05) is 55.5 Å². The summed E-state index contributed by atoms with van der Waals surface area (Å²) in [4.78, 5) is 2.22. The van der Waals surface area contributed by atoms with Crippen molar-refractivity contribution in [3.05, 3.63) is 95.6 Å². The van der Waals surface area contributed by atoms with Gasteiger partial charge in [-0.3, -0.25) is 0 Å². The summed E-state index contributed by atoms with van der Waals surface area (Å²) in [5, 5.41) is 10.3. The first-order valence-electron chi connectivity index (χ1n) is 7.85. The molecule has 0 aliphatic rings. The zero-order valence-corrected chi connectivity index (χ0v) is 13.3. The number of nitrogens with zero attached hydrogens (tertiary/aromatic N) is 1. The van der Waals surface area contributed by atoms with Crippen LogP contribution in [0, 0.1) is 6.92 Å². The standard InChI is InChI=1S/C21H21NO/c1-17-12-13-21(23)20(14-17)22(15-18-8-4-2-5-9-18)16-19-10-6-3-7-11-19/h2-14,23H,15-16H2,1H3. The molecular formula is C21H21NO. The Bertz CT molecular complexity index is 712. The van der Waals surface area contributed by atoms with E-state index < -0.39 is 0 Å². The number of phenolic OH excluding ortho intramolecular Hbond substituents is 1. The SMILES string of the molecule is Cc1ccc(O)c(N(Cc2ccccc2)Cc2ccccc2)c1. The van der Waals surface area contributed by atoms with E-state index >= 15 is 0 Å². The largest absolute Gasteiger partial charge is 0.506 e. The summed E-state index contributed by atoms with van der Waals surface area (Å²) in [6, 6.07) is 26.4. The molecule has 23 heavy (non-hydrogen) atoms. The second-order valence-electron chi connectivity index (χ2n) is 5.82. The number of rotatable bonds is 5. The van der Waals surface area contributed by atoms with Crippen LogP contribution in [0.1, 0.15) is 16.7 Å². The lowest BCUT2D eigenvalue weighted by Gasteiger charge is -2.26. The smallest absolute Gasteiger partial charge is 0.138 e. The molecule has 0 atom stereocenters. The minimum Gasteiger partial charge on any atom is -0.506 e. The first kappa shape index (κ1) is 15.2. The van der Waals surface area contributed by atoms with Crippen LogP contribution in [0.3, 0.4) is 0 Å². The molecule has 0 spiro atoms. The Balaban J connectivity index is 1.94. The molecule has 3 aromatic rings. The highest BCUT2D eigenvalue weighted by atomic mass is 16.3. The molecule has 0 unspecified atom stereocenters. The van der Waals surface area contributed by atoms with Gasteiger partial charge >= 0.3 is 0 Å². The predicted octanol–water partition coefficient (Wildman–Crippen LogP) is 4.91.